The highest BCUT2D eigenvalue weighted by atomic mass is 32.2. The topological polar surface area (TPSA) is 129 Å². The van der Waals surface area contributed by atoms with Crippen LogP contribution in [0.1, 0.15) is 23.2 Å². The summed E-state index contributed by atoms with van der Waals surface area (Å²) in [6.45, 7) is 1.11. The lowest BCUT2D eigenvalue weighted by Crippen LogP contribution is -2.28. The Hall–Kier alpha value is -3.18. The SMILES string of the molecule is NC(=O)c1cc(S(=O)(=O)N2CCCC2)ccc1OCCn1nc2ccccn2c1=O. The number of sulfonamides is 1. The lowest BCUT2D eigenvalue weighted by Gasteiger charge is -2.17. The number of primary amides is 1. The van der Waals surface area contributed by atoms with Gasteiger partial charge in [-0.15, -0.1) is 5.10 Å². The number of benzene rings is 1. The van der Waals surface area contributed by atoms with Crippen LogP contribution in [0.15, 0.2) is 52.3 Å². The minimum atomic E-state index is -3.68. The van der Waals surface area contributed by atoms with E-state index in [0.29, 0.717) is 18.7 Å². The van der Waals surface area contributed by atoms with E-state index in [0.717, 1.165) is 12.8 Å². The normalized spacial score (nSPS) is 14.9. The molecule has 1 amide bonds. The lowest BCUT2D eigenvalue weighted by molar-refractivity contribution is 0.0996. The van der Waals surface area contributed by atoms with Gasteiger partial charge in [0.25, 0.3) is 5.91 Å². The van der Waals surface area contributed by atoms with E-state index in [9.17, 15) is 18.0 Å². The molecular formula is C19H21N5O5S. The Balaban J connectivity index is 1.53. The Morgan fingerprint density at radius 1 is 1.17 bits per heavy atom. The number of rotatable bonds is 7. The summed E-state index contributed by atoms with van der Waals surface area (Å²) in [6.07, 6.45) is 3.24. The minimum absolute atomic E-state index is 0.00196. The van der Waals surface area contributed by atoms with Crippen molar-refractivity contribution in [3.63, 3.8) is 0 Å². The third-order valence-electron chi connectivity index (χ3n) is 4.97. The fourth-order valence-corrected chi connectivity index (χ4v) is 4.97. The zero-order chi connectivity index (χ0) is 21.3. The van der Waals surface area contributed by atoms with Crippen molar-refractivity contribution in [3.05, 3.63) is 58.6 Å². The van der Waals surface area contributed by atoms with E-state index < -0.39 is 15.9 Å². The second kappa shape index (κ2) is 7.92. The Kier molecular flexibility index (Phi) is 5.31. The number of hydrogen-bond acceptors (Lipinski definition) is 6. The average molecular weight is 431 g/mol. The molecule has 1 fully saturated rings. The second-order valence-corrected chi connectivity index (χ2v) is 8.85. The molecule has 4 rings (SSSR count). The van der Waals surface area contributed by atoms with E-state index in [4.69, 9.17) is 10.5 Å². The van der Waals surface area contributed by atoms with Crippen LogP contribution >= 0.6 is 0 Å². The highest BCUT2D eigenvalue weighted by Gasteiger charge is 2.28. The summed E-state index contributed by atoms with van der Waals surface area (Å²) in [5.41, 5.74) is 5.61. The summed E-state index contributed by atoms with van der Waals surface area (Å²) in [6, 6.07) is 9.27. The third kappa shape index (κ3) is 3.68. The van der Waals surface area contributed by atoms with Crippen molar-refractivity contribution in [2.75, 3.05) is 19.7 Å². The molecule has 1 saturated heterocycles. The third-order valence-corrected chi connectivity index (χ3v) is 6.86. The second-order valence-electron chi connectivity index (χ2n) is 6.92. The fraction of sp³-hybridized carbons (Fsp3) is 0.316. The molecule has 158 valence electrons. The summed E-state index contributed by atoms with van der Waals surface area (Å²) in [5, 5.41) is 4.20. The van der Waals surface area contributed by atoms with Gasteiger partial charge in [0.05, 0.1) is 17.0 Å². The number of carbonyl (C=O) groups excluding carboxylic acids is 1. The Morgan fingerprint density at radius 2 is 1.93 bits per heavy atom. The van der Waals surface area contributed by atoms with Crippen molar-refractivity contribution in [3.8, 4) is 5.75 Å². The van der Waals surface area contributed by atoms with Gasteiger partial charge in [0.15, 0.2) is 5.65 Å². The standard InChI is InChI=1S/C19H21N5O5S/c20-18(25)15-13-14(30(27,28)22-8-3-4-9-22)6-7-16(15)29-12-11-24-19(26)23-10-2-1-5-17(23)21-24/h1-2,5-7,10,13H,3-4,8-9,11-12H2,(H2,20,25). The molecule has 10 nitrogen and oxygen atoms in total. The highest BCUT2D eigenvalue weighted by molar-refractivity contribution is 7.89. The van der Waals surface area contributed by atoms with Crippen LogP contribution in [-0.2, 0) is 16.6 Å². The first-order chi connectivity index (χ1) is 14.4. The zero-order valence-electron chi connectivity index (χ0n) is 16.1. The van der Waals surface area contributed by atoms with Gasteiger partial charge in [0.2, 0.25) is 10.0 Å². The van der Waals surface area contributed by atoms with Gasteiger partial charge in [0.1, 0.15) is 12.4 Å². The summed E-state index contributed by atoms with van der Waals surface area (Å²) in [4.78, 5) is 24.2. The first kappa shape index (κ1) is 20.1. The molecule has 30 heavy (non-hydrogen) atoms. The van der Waals surface area contributed by atoms with Crippen LogP contribution in [0.3, 0.4) is 0 Å². The van der Waals surface area contributed by atoms with Gasteiger partial charge in [-0.3, -0.25) is 9.20 Å². The lowest BCUT2D eigenvalue weighted by atomic mass is 10.2. The number of carbonyl (C=O) groups is 1. The van der Waals surface area contributed by atoms with Crippen LogP contribution in [0.25, 0.3) is 5.65 Å². The first-order valence-corrected chi connectivity index (χ1v) is 10.9. The molecule has 3 heterocycles. The molecule has 2 N–H and O–H groups in total. The van der Waals surface area contributed by atoms with E-state index in [-0.39, 0.29) is 35.0 Å². The Bertz CT molecular complexity index is 1260. The minimum Gasteiger partial charge on any atom is -0.491 e. The number of hydrogen-bond donors (Lipinski definition) is 1. The van der Waals surface area contributed by atoms with Gasteiger partial charge >= 0.3 is 5.69 Å². The number of aromatic nitrogens is 3. The molecule has 1 aromatic carbocycles. The molecule has 2 aromatic heterocycles. The number of pyridine rings is 1. The van der Waals surface area contributed by atoms with Crippen LogP contribution in [-0.4, -0.2) is 52.5 Å². The predicted octanol–water partition coefficient (Wildman–Crippen LogP) is 0.458. The van der Waals surface area contributed by atoms with Crippen molar-refractivity contribution in [1.29, 1.82) is 0 Å². The number of amides is 1. The van der Waals surface area contributed by atoms with Crippen LogP contribution < -0.4 is 16.2 Å². The van der Waals surface area contributed by atoms with Gasteiger partial charge in [-0.1, -0.05) is 6.07 Å². The summed E-state index contributed by atoms with van der Waals surface area (Å²) in [5.74, 6) is -0.645. The monoisotopic (exact) mass is 431 g/mol. The fourth-order valence-electron chi connectivity index (χ4n) is 3.42. The molecule has 0 saturated carbocycles. The van der Waals surface area contributed by atoms with Crippen molar-refractivity contribution in [2.24, 2.45) is 5.73 Å². The van der Waals surface area contributed by atoms with Gasteiger partial charge in [0, 0.05) is 19.3 Å². The maximum absolute atomic E-state index is 12.7. The van der Waals surface area contributed by atoms with E-state index in [2.05, 4.69) is 5.10 Å². The van der Waals surface area contributed by atoms with E-state index in [1.807, 2.05) is 0 Å². The van der Waals surface area contributed by atoms with Gasteiger partial charge in [-0.25, -0.2) is 17.9 Å². The summed E-state index contributed by atoms with van der Waals surface area (Å²) in [7, 11) is -3.68. The number of nitrogens with zero attached hydrogens (tertiary/aromatic N) is 4. The van der Waals surface area contributed by atoms with E-state index >= 15 is 0 Å². The molecule has 0 spiro atoms. The van der Waals surface area contributed by atoms with Crippen molar-refractivity contribution in [1.82, 2.24) is 18.5 Å². The summed E-state index contributed by atoms with van der Waals surface area (Å²) >= 11 is 0. The van der Waals surface area contributed by atoms with Crippen molar-refractivity contribution < 1.29 is 17.9 Å². The summed E-state index contributed by atoms with van der Waals surface area (Å²) < 4.78 is 35.1. The molecule has 1 aliphatic heterocycles. The Morgan fingerprint density at radius 3 is 2.63 bits per heavy atom. The first-order valence-electron chi connectivity index (χ1n) is 9.49. The quantitative estimate of drug-likeness (QED) is 0.579. The highest BCUT2D eigenvalue weighted by Crippen LogP contribution is 2.26. The van der Waals surface area contributed by atoms with Crippen LogP contribution in [0.2, 0.25) is 0 Å². The molecule has 0 unspecified atom stereocenters. The van der Waals surface area contributed by atoms with Crippen LogP contribution in [0.4, 0.5) is 0 Å². The van der Waals surface area contributed by atoms with Crippen LogP contribution in [0.5, 0.6) is 5.75 Å². The van der Waals surface area contributed by atoms with Gasteiger partial charge in [-0.05, 0) is 43.2 Å². The van der Waals surface area contributed by atoms with Gasteiger partial charge < -0.3 is 10.5 Å². The van der Waals surface area contributed by atoms with E-state index in [1.54, 1.807) is 24.4 Å². The van der Waals surface area contributed by atoms with Crippen LogP contribution in [0, 0.1) is 0 Å². The molecule has 0 atom stereocenters. The largest absolute Gasteiger partial charge is 0.491 e. The molecule has 0 aliphatic carbocycles. The smallest absolute Gasteiger partial charge is 0.350 e. The van der Waals surface area contributed by atoms with Crippen molar-refractivity contribution >= 4 is 21.6 Å². The average Bonchev–Trinajstić information content (AvgIpc) is 3.38. The van der Waals surface area contributed by atoms with E-state index in [1.165, 1.54) is 31.6 Å². The van der Waals surface area contributed by atoms with Gasteiger partial charge in [-0.2, -0.15) is 4.31 Å². The number of ether oxygens (including phenoxy) is 1. The predicted molar refractivity (Wildman–Crippen MR) is 108 cm³/mol. The molecule has 0 radical (unpaired) electrons. The molecule has 1 aliphatic rings. The molecule has 11 heteroatoms. The Labute approximate surface area is 172 Å². The maximum atomic E-state index is 12.7. The van der Waals surface area contributed by atoms with Crippen molar-refractivity contribution in [2.45, 2.75) is 24.3 Å². The maximum Gasteiger partial charge on any atom is 0.350 e. The number of fused-ring (bicyclic) bond motifs is 1. The molecular weight excluding hydrogens is 410 g/mol. The zero-order valence-corrected chi connectivity index (χ0v) is 16.9. The molecule has 3 aromatic rings. The number of nitrogens with two attached hydrogens (primary N) is 1. The molecule has 0 bridgehead atoms.